The van der Waals surface area contributed by atoms with Crippen molar-refractivity contribution in [3.05, 3.63) is 87.9 Å². The molecule has 0 spiro atoms. The van der Waals surface area contributed by atoms with Crippen LogP contribution in [0.25, 0.3) is 0 Å². The first-order chi connectivity index (χ1) is 19.6. The van der Waals surface area contributed by atoms with Gasteiger partial charge in [0.1, 0.15) is 18.3 Å². The molecule has 8 nitrogen and oxygen atoms in total. The summed E-state index contributed by atoms with van der Waals surface area (Å²) in [4.78, 5) is 28.7. The van der Waals surface area contributed by atoms with Crippen LogP contribution >= 0.6 is 27.5 Å². The number of nitrogens with zero attached hydrogens (tertiary/aromatic N) is 2. The highest BCUT2D eigenvalue weighted by atomic mass is 79.9. The average Bonchev–Trinajstić information content (AvgIpc) is 3.48. The number of benzene rings is 3. The minimum atomic E-state index is -4.19. The third-order valence-corrected chi connectivity index (χ3v) is 9.69. The van der Waals surface area contributed by atoms with E-state index in [0.717, 1.165) is 40.0 Å². The zero-order chi connectivity index (χ0) is 29.6. The number of amides is 2. The first-order valence-corrected chi connectivity index (χ1v) is 16.0. The summed E-state index contributed by atoms with van der Waals surface area (Å²) in [5.74, 6) is -0.289. The molecule has 2 amide bonds. The molecule has 0 aromatic heterocycles. The molecule has 3 aromatic carbocycles. The van der Waals surface area contributed by atoms with E-state index < -0.39 is 28.5 Å². The van der Waals surface area contributed by atoms with Crippen molar-refractivity contribution in [3.63, 3.8) is 0 Å². The summed E-state index contributed by atoms with van der Waals surface area (Å²) < 4.78 is 34.9. The summed E-state index contributed by atoms with van der Waals surface area (Å²) >= 11 is 9.54. The Morgan fingerprint density at radius 3 is 2.32 bits per heavy atom. The molecule has 0 saturated heterocycles. The zero-order valence-electron chi connectivity index (χ0n) is 22.9. The molecule has 0 radical (unpaired) electrons. The lowest BCUT2D eigenvalue weighted by Gasteiger charge is -2.32. The second-order valence-corrected chi connectivity index (χ2v) is 13.2. The molecule has 0 bridgehead atoms. The van der Waals surface area contributed by atoms with E-state index in [4.69, 9.17) is 16.3 Å². The largest absolute Gasteiger partial charge is 0.497 e. The minimum Gasteiger partial charge on any atom is -0.497 e. The van der Waals surface area contributed by atoms with Crippen LogP contribution in [0.15, 0.2) is 82.2 Å². The maximum Gasteiger partial charge on any atom is 0.264 e. The van der Waals surface area contributed by atoms with Gasteiger partial charge in [0.25, 0.3) is 10.0 Å². The molecular formula is C30H33BrClN3O5S. The van der Waals surface area contributed by atoms with Gasteiger partial charge in [-0.3, -0.25) is 13.9 Å². The molecule has 1 aliphatic rings. The average molecular weight is 663 g/mol. The Hall–Kier alpha value is -3.08. The Morgan fingerprint density at radius 1 is 1.05 bits per heavy atom. The molecule has 1 fully saturated rings. The van der Waals surface area contributed by atoms with Gasteiger partial charge in [-0.25, -0.2) is 8.42 Å². The van der Waals surface area contributed by atoms with Gasteiger partial charge in [-0.05, 0) is 86.0 Å². The summed E-state index contributed by atoms with van der Waals surface area (Å²) in [7, 11) is -2.69. The Labute approximate surface area is 254 Å². The molecule has 0 heterocycles. The molecule has 11 heteroatoms. The summed E-state index contributed by atoms with van der Waals surface area (Å²) in [6.45, 7) is 1.27. The molecule has 218 valence electrons. The van der Waals surface area contributed by atoms with Crippen LogP contribution in [-0.4, -0.2) is 50.9 Å². The van der Waals surface area contributed by atoms with Crippen molar-refractivity contribution in [2.75, 3.05) is 18.0 Å². The van der Waals surface area contributed by atoms with Crippen LogP contribution in [0.2, 0.25) is 5.02 Å². The lowest BCUT2D eigenvalue weighted by molar-refractivity contribution is -0.139. The summed E-state index contributed by atoms with van der Waals surface area (Å²) in [5, 5.41) is 3.50. The highest BCUT2D eigenvalue weighted by Gasteiger charge is 2.33. The molecule has 41 heavy (non-hydrogen) atoms. The molecule has 3 aromatic rings. The Bertz CT molecular complexity index is 1460. The summed E-state index contributed by atoms with van der Waals surface area (Å²) in [6, 6.07) is 18.9. The number of ether oxygens (including phenoxy) is 1. The molecule has 1 atom stereocenters. The van der Waals surface area contributed by atoms with Gasteiger partial charge in [-0.15, -0.1) is 0 Å². The van der Waals surface area contributed by atoms with Gasteiger partial charge in [-0.2, -0.15) is 0 Å². The fourth-order valence-electron chi connectivity index (χ4n) is 4.82. The number of nitrogens with one attached hydrogen (secondary N) is 1. The van der Waals surface area contributed by atoms with Crippen molar-refractivity contribution < 1.29 is 22.7 Å². The zero-order valence-corrected chi connectivity index (χ0v) is 26.1. The fraction of sp³-hybridized carbons (Fsp3) is 0.333. The number of sulfonamides is 1. The van der Waals surface area contributed by atoms with Gasteiger partial charge in [0.15, 0.2) is 0 Å². The number of hydrogen-bond acceptors (Lipinski definition) is 5. The SMILES string of the molecule is COc1ccc(S(=O)(=O)N(CC(=O)N(Cc2cccc(Br)c2)C(C)C(=O)NC2CCCC2)c2ccc(Cl)cc2)cc1. The van der Waals surface area contributed by atoms with Crippen LogP contribution in [0.5, 0.6) is 5.75 Å². The van der Waals surface area contributed by atoms with Crippen LogP contribution in [0.4, 0.5) is 5.69 Å². The predicted octanol–water partition coefficient (Wildman–Crippen LogP) is 5.78. The number of rotatable bonds is 11. The van der Waals surface area contributed by atoms with Gasteiger partial charge < -0.3 is 15.0 Å². The third-order valence-electron chi connectivity index (χ3n) is 7.15. The third kappa shape index (κ3) is 7.81. The maximum atomic E-state index is 14.0. The van der Waals surface area contributed by atoms with Crippen LogP contribution in [0.1, 0.15) is 38.2 Å². The van der Waals surface area contributed by atoms with Crippen molar-refractivity contribution in [3.8, 4) is 5.75 Å². The van der Waals surface area contributed by atoms with E-state index in [1.807, 2.05) is 24.3 Å². The van der Waals surface area contributed by atoms with Crippen LogP contribution < -0.4 is 14.4 Å². The van der Waals surface area contributed by atoms with Gasteiger partial charge in [0.2, 0.25) is 11.8 Å². The van der Waals surface area contributed by atoms with Gasteiger partial charge in [-0.1, -0.05) is 52.5 Å². The van der Waals surface area contributed by atoms with Gasteiger partial charge in [0, 0.05) is 22.1 Å². The quantitative estimate of drug-likeness (QED) is 0.281. The van der Waals surface area contributed by atoms with E-state index in [1.54, 1.807) is 43.3 Å². The molecule has 4 rings (SSSR count). The predicted molar refractivity (Wildman–Crippen MR) is 164 cm³/mol. The first kappa shape index (κ1) is 30.9. The highest BCUT2D eigenvalue weighted by Crippen LogP contribution is 2.27. The van der Waals surface area contributed by atoms with E-state index in [1.165, 1.54) is 24.1 Å². The number of carbonyl (C=O) groups excluding carboxylic acids is 2. The van der Waals surface area contributed by atoms with Gasteiger partial charge >= 0.3 is 0 Å². The monoisotopic (exact) mass is 661 g/mol. The lowest BCUT2D eigenvalue weighted by atomic mass is 10.1. The van der Waals surface area contributed by atoms with Crippen molar-refractivity contribution in [2.24, 2.45) is 0 Å². The van der Waals surface area contributed by atoms with Crippen molar-refractivity contribution in [2.45, 2.75) is 56.1 Å². The van der Waals surface area contributed by atoms with E-state index in [-0.39, 0.29) is 29.1 Å². The Kier molecular flexibility index (Phi) is 10.3. The topological polar surface area (TPSA) is 96.0 Å². The van der Waals surface area contributed by atoms with Crippen molar-refractivity contribution >= 4 is 55.1 Å². The van der Waals surface area contributed by atoms with Gasteiger partial charge in [0.05, 0.1) is 17.7 Å². The molecule has 1 aliphatic carbocycles. The second-order valence-electron chi connectivity index (χ2n) is 9.98. The first-order valence-electron chi connectivity index (χ1n) is 13.3. The molecule has 1 saturated carbocycles. The Balaban J connectivity index is 1.68. The van der Waals surface area contributed by atoms with Crippen LogP contribution in [0, 0.1) is 0 Å². The van der Waals surface area contributed by atoms with Crippen LogP contribution in [-0.2, 0) is 26.2 Å². The number of carbonyl (C=O) groups is 2. The van der Waals surface area contributed by atoms with Crippen LogP contribution in [0.3, 0.4) is 0 Å². The van der Waals surface area contributed by atoms with Crippen molar-refractivity contribution in [1.29, 1.82) is 0 Å². The second kappa shape index (κ2) is 13.7. The van der Waals surface area contributed by atoms with Crippen molar-refractivity contribution in [1.82, 2.24) is 10.2 Å². The Morgan fingerprint density at radius 2 is 1.71 bits per heavy atom. The molecule has 1 unspecified atom stereocenters. The lowest BCUT2D eigenvalue weighted by Crippen LogP contribution is -2.52. The number of halogens is 2. The number of hydrogen-bond donors (Lipinski definition) is 1. The molecular weight excluding hydrogens is 630 g/mol. The van der Waals surface area contributed by atoms with E-state index in [2.05, 4.69) is 21.2 Å². The van der Waals surface area contributed by atoms with E-state index in [9.17, 15) is 18.0 Å². The molecule has 1 N–H and O–H groups in total. The molecule has 0 aliphatic heterocycles. The smallest absolute Gasteiger partial charge is 0.264 e. The van der Waals surface area contributed by atoms with E-state index >= 15 is 0 Å². The maximum absolute atomic E-state index is 14.0. The normalized spacial score (nSPS) is 14.3. The fourth-order valence-corrected chi connectivity index (χ4v) is 6.80. The highest BCUT2D eigenvalue weighted by molar-refractivity contribution is 9.10. The minimum absolute atomic E-state index is 0.00776. The summed E-state index contributed by atoms with van der Waals surface area (Å²) in [5.41, 5.74) is 1.06. The standard InChI is InChI=1S/C30H33BrClN3O5S/c1-21(30(37)33-25-8-3-4-9-25)34(19-22-6-5-7-23(31)18-22)29(36)20-35(26-12-10-24(32)11-13-26)41(38,39)28-16-14-27(40-2)15-17-28/h5-7,10-18,21,25H,3-4,8-9,19-20H2,1-2H3,(H,33,37). The van der Waals surface area contributed by atoms with E-state index in [0.29, 0.717) is 10.8 Å². The number of anilines is 1. The summed E-state index contributed by atoms with van der Waals surface area (Å²) in [6.07, 6.45) is 3.92. The number of methoxy groups -OCH3 is 1.